The van der Waals surface area contributed by atoms with Gasteiger partial charge in [0.05, 0.1) is 12.1 Å². The Morgan fingerprint density at radius 3 is 2.32 bits per heavy atom. The Morgan fingerprint density at radius 1 is 0.871 bits per heavy atom. The number of alkyl halides is 3. The molecule has 1 heterocycles. The molecule has 0 spiro atoms. The summed E-state index contributed by atoms with van der Waals surface area (Å²) in [6.45, 7) is 0.309. The standard InChI is InChI=1S/C24H18F3NO2S/c25-24(26,27)14-7-9-15(10-8-14)28-13-19-18(23(28)30)5-2-6-21(19)31-22-12-11-20(29)16-3-1-4-17(16)22/h2,5-12,29H,1,3-4,13H2. The lowest BCUT2D eigenvalue weighted by atomic mass is 10.1. The molecule has 3 aromatic carbocycles. The number of amides is 1. The monoisotopic (exact) mass is 441 g/mol. The zero-order valence-electron chi connectivity index (χ0n) is 16.4. The SMILES string of the molecule is O=C1c2cccc(Sc3ccc(O)c4c3CCC4)c2CN1c1ccc(C(F)(F)F)cc1. The van der Waals surface area contributed by atoms with Crippen molar-refractivity contribution >= 4 is 23.4 Å². The van der Waals surface area contributed by atoms with Crippen LogP contribution in [0.5, 0.6) is 5.75 Å². The first-order chi connectivity index (χ1) is 14.8. The van der Waals surface area contributed by atoms with Gasteiger partial charge in [0.2, 0.25) is 0 Å². The molecule has 1 amide bonds. The van der Waals surface area contributed by atoms with Gasteiger partial charge in [0, 0.05) is 21.0 Å². The van der Waals surface area contributed by atoms with E-state index in [2.05, 4.69) is 0 Å². The molecule has 0 saturated heterocycles. The van der Waals surface area contributed by atoms with Crippen LogP contribution in [-0.4, -0.2) is 11.0 Å². The van der Waals surface area contributed by atoms with Crippen molar-refractivity contribution in [2.45, 2.75) is 41.8 Å². The molecular weight excluding hydrogens is 423 g/mol. The normalized spacial score (nSPS) is 15.3. The summed E-state index contributed by atoms with van der Waals surface area (Å²) in [4.78, 5) is 16.5. The van der Waals surface area contributed by atoms with Gasteiger partial charge >= 0.3 is 6.18 Å². The number of hydrogen-bond donors (Lipinski definition) is 1. The molecule has 31 heavy (non-hydrogen) atoms. The molecule has 158 valence electrons. The van der Waals surface area contributed by atoms with Crippen LogP contribution in [0.15, 0.2) is 64.4 Å². The number of nitrogens with zero attached hydrogens (tertiary/aromatic N) is 1. The van der Waals surface area contributed by atoms with Crippen molar-refractivity contribution in [1.29, 1.82) is 0 Å². The smallest absolute Gasteiger partial charge is 0.416 e. The summed E-state index contributed by atoms with van der Waals surface area (Å²) in [6, 6.07) is 13.9. The number of halogens is 3. The number of aromatic hydroxyl groups is 1. The van der Waals surface area contributed by atoms with E-state index in [9.17, 15) is 23.1 Å². The molecule has 7 heteroatoms. The molecule has 3 nitrogen and oxygen atoms in total. The van der Waals surface area contributed by atoms with E-state index in [1.807, 2.05) is 18.2 Å². The summed E-state index contributed by atoms with van der Waals surface area (Å²) in [5.74, 6) is 0.118. The van der Waals surface area contributed by atoms with Crippen LogP contribution in [0.4, 0.5) is 18.9 Å². The van der Waals surface area contributed by atoms with Gasteiger partial charge < -0.3 is 10.0 Å². The summed E-state index contributed by atoms with van der Waals surface area (Å²) in [7, 11) is 0. The molecule has 0 aromatic heterocycles. The van der Waals surface area contributed by atoms with E-state index in [0.717, 1.165) is 57.9 Å². The van der Waals surface area contributed by atoms with E-state index >= 15 is 0 Å². The minimum absolute atomic E-state index is 0.215. The Kier molecular flexibility index (Phi) is 4.73. The highest BCUT2D eigenvalue weighted by molar-refractivity contribution is 7.99. The van der Waals surface area contributed by atoms with Gasteiger partial charge in [-0.1, -0.05) is 17.8 Å². The molecule has 2 aliphatic rings. The molecule has 1 aliphatic carbocycles. The van der Waals surface area contributed by atoms with Gasteiger partial charge in [-0.15, -0.1) is 0 Å². The van der Waals surface area contributed by atoms with E-state index in [4.69, 9.17) is 0 Å². The molecule has 3 aromatic rings. The van der Waals surface area contributed by atoms with Gasteiger partial charge in [-0.05, 0) is 84.5 Å². The Labute approximate surface area is 181 Å². The van der Waals surface area contributed by atoms with Crippen molar-refractivity contribution < 1.29 is 23.1 Å². The minimum Gasteiger partial charge on any atom is -0.508 e. The second-order valence-corrected chi connectivity index (χ2v) is 8.80. The van der Waals surface area contributed by atoms with Crippen LogP contribution in [0.3, 0.4) is 0 Å². The van der Waals surface area contributed by atoms with Crippen molar-refractivity contribution in [2.75, 3.05) is 4.90 Å². The quantitative estimate of drug-likeness (QED) is 0.525. The molecule has 1 aliphatic heterocycles. The molecule has 0 fully saturated rings. The lowest BCUT2D eigenvalue weighted by Gasteiger charge is -2.17. The average molecular weight is 441 g/mol. The maximum absolute atomic E-state index is 13.0. The van der Waals surface area contributed by atoms with Crippen LogP contribution >= 0.6 is 11.8 Å². The summed E-state index contributed by atoms with van der Waals surface area (Å²) >= 11 is 1.57. The van der Waals surface area contributed by atoms with Crippen molar-refractivity contribution in [3.05, 3.63) is 82.4 Å². The van der Waals surface area contributed by atoms with Crippen LogP contribution in [-0.2, 0) is 25.6 Å². The van der Waals surface area contributed by atoms with Gasteiger partial charge in [-0.3, -0.25) is 4.79 Å². The molecule has 0 saturated carbocycles. The zero-order valence-corrected chi connectivity index (χ0v) is 17.2. The molecule has 0 atom stereocenters. The van der Waals surface area contributed by atoms with Gasteiger partial charge in [0.15, 0.2) is 0 Å². The molecule has 5 rings (SSSR count). The highest BCUT2D eigenvalue weighted by atomic mass is 32.2. The van der Waals surface area contributed by atoms with Crippen LogP contribution in [0, 0.1) is 0 Å². The second kappa shape index (κ2) is 7.34. The number of benzene rings is 3. The Bertz CT molecular complexity index is 1190. The van der Waals surface area contributed by atoms with Crippen LogP contribution < -0.4 is 4.90 Å². The van der Waals surface area contributed by atoms with E-state index in [1.54, 1.807) is 23.9 Å². The van der Waals surface area contributed by atoms with Crippen LogP contribution in [0.2, 0.25) is 0 Å². The maximum Gasteiger partial charge on any atom is 0.416 e. The first kappa shape index (κ1) is 20.0. The predicted molar refractivity (Wildman–Crippen MR) is 113 cm³/mol. The number of hydrogen-bond acceptors (Lipinski definition) is 3. The fourth-order valence-electron chi connectivity index (χ4n) is 4.31. The number of rotatable bonds is 3. The third-order valence-electron chi connectivity index (χ3n) is 5.87. The molecule has 0 unspecified atom stereocenters. The topological polar surface area (TPSA) is 40.5 Å². The fourth-order valence-corrected chi connectivity index (χ4v) is 5.47. The third kappa shape index (κ3) is 3.47. The summed E-state index contributed by atoms with van der Waals surface area (Å²) in [6.07, 6.45) is -1.63. The first-order valence-corrected chi connectivity index (χ1v) is 10.8. The van der Waals surface area contributed by atoms with Crippen LogP contribution in [0.25, 0.3) is 0 Å². The maximum atomic E-state index is 13.0. The minimum atomic E-state index is -4.41. The molecule has 0 bridgehead atoms. The number of carbonyl (C=O) groups is 1. The molecular formula is C24H18F3NO2S. The van der Waals surface area contributed by atoms with Crippen molar-refractivity contribution in [1.82, 2.24) is 0 Å². The Morgan fingerprint density at radius 2 is 1.58 bits per heavy atom. The highest BCUT2D eigenvalue weighted by Gasteiger charge is 2.33. The number of phenolic OH excluding ortho intramolecular Hbond substituents is 1. The third-order valence-corrected chi connectivity index (χ3v) is 7.07. The fraction of sp³-hybridized carbons (Fsp3) is 0.208. The lowest BCUT2D eigenvalue weighted by molar-refractivity contribution is -0.137. The Balaban J connectivity index is 1.46. The van der Waals surface area contributed by atoms with Gasteiger partial charge in [0.25, 0.3) is 5.91 Å². The largest absolute Gasteiger partial charge is 0.508 e. The molecule has 1 N–H and O–H groups in total. The number of fused-ring (bicyclic) bond motifs is 2. The van der Waals surface area contributed by atoms with E-state index in [1.165, 1.54) is 17.0 Å². The average Bonchev–Trinajstić information content (AvgIpc) is 3.36. The van der Waals surface area contributed by atoms with Crippen molar-refractivity contribution in [3.8, 4) is 5.75 Å². The zero-order chi connectivity index (χ0) is 21.8. The van der Waals surface area contributed by atoms with E-state index < -0.39 is 11.7 Å². The van der Waals surface area contributed by atoms with Crippen LogP contribution in [0.1, 0.15) is 39.0 Å². The first-order valence-electron chi connectivity index (χ1n) is 9.95. The number of carbonyl (C=O) groups excluding carboxylic acids is 1. The summed E-state index contributed by atoms with van der Waals surface area (Å²) in [5, 5.41) is 10.1. The number of phenols is 1. The van der Waals surface area contributed by atoms with Gasteiger partial charge in [-0.25, -0.2) is 0 Å². The van der Waals surface area contributed by atoms with Crippen molar-refractivity contribution in [3.63, 3.8) is 0 Å². The van der Waals surface area contributed by atoms with Gasteiger partial charge in [-0.2, -0.15) is 13.2 Å². The summed E-state index contributed by atoms with van der Waals surface area (Å²) in [5.41, 5.74) is 3.30. The molecule has 0 radical (unpaired) electrons. The van der Waals surface area contributed by atoms with Crippen molar-refractivity contribution in [2.24, 2.45) is 0 Å². The van der Waals surface area contributed by atoms with E-state index in [-0.39, 0.29) is 5.91 Å². The second-order valence-electron chi connectivity index (χ2n) is 7.71. The van der Waals surface area contributed by atoms with Gasteiger partial charge in [0.1, 0.15) is 5.75 Å². The Hall–Kier alpha value is -2.93. The highest BCUT2D eigenvalue weighted by Crippen LogP contribution is 2.43. The summed E-state index contributed by atoms with van der Waals surface area (Å²) < 4.78 is 38.6. The van der Waals surface area contributed by atoms with E-state index in [0.29, 0.717) is 23.5 Å². The predicted octanol–water partition coefficient (Wildman–Crippen LogP) is 6.21. The lowest BCUT2D eigenvalue weighted by Crippen LogP contribution is -2.23. The number of anilines is 1.